The number of benzene rings is 1. The minimum Gasteiger partial charge on any atom is -0.382 e. The molecule has 0 aliphatic rings. The van der Waals surface area contributed by atoms with E-state index in [4.69, 9.17) is 10.7 Å². The minimum absolute atomic E-state index is 0.479. The van der Waals surface area contributed by atoms with Gasteiger partial charge in [0.15, 0.2) is 16.6 Å². The van der Waals surface area contributed by atoms with Gasteiger partial charge in [-0.15, -0.1) is 0 Å². The molecule has 0 aliphatic carbocycles. The second-order valence-electron chi connectivity index (χ2n) is 7.56. The van der Waals surface area contributed by atoms with Crippen LogP contribution in [0.15, 0.2) is 41.8 Å². The molecule has 5 nitrogen and oxygen atoms in total. The molecule has 3 aromatic rings. The van der Waals surface area contributed by atoms with Crippen LogP contribution in [0.3, 0.4) is 0 Å². The van der Waals surface area contributed by atoms with Gasteiger partial charge in [-0.2, -0.15) is 0 Å². The molecule has 0 amide bonds. The number of rotatable bonds is 13. The lowest BCUT2D eigenvalue weighted by molar-refractivity contribution is 0.546. The Morgan fingerprint density at radius 2 is 1.66 bits per heavy atom. The van der Waals surface area contributed by atoms with E-state index < -0.39 is 0 Å². The maximum absolute atomic E-state index is 6.15. The van der Waals surface area contributed by atoms with Gasteiger partial charge in [0, 0.05) is 12.3 Å². The number of imidazole rings is 1. The van der Waals surface area contributed by atoms with Crippen LogP contribution in [0.1, 0.15) is 63.9 Å². The maximum Gasteiger partial charge on any atom is 0.191 e. The second-order valence-corrected chi connectivity index (χ2v) is 8.62. The number of hydrogen-bond donors (Lipinski definition) is 1. The first-order valence-electron chi connectivity index (χ1n) is 10.9. The highest BCUT2D eigenvalue weighted by Gasteiger charge is 2.11. The van der Waals surface area contributed by atoms with Crippen LogP contribution in [0.5, 0.6) is 0 Å². The third-order valence-corrected chi connectivity index (χ3v) is 6.04. The van der Waals surface area contributed by atoms with Gasteiger partial charge in [0.25, 0.3) is 0 Å². The summed E-state index contributed by atoms with van der Waals surface area (Å²) in [6.07, 6.45) is 13.3. The summed E-state index contributed by atoms with van der Waals surface area (Å²) in [6.45, 7) is 3.20. The van der Waals surface area contributed by atoms with Crippen molar-refractivity contribution in [1.29, 1.82) is 0 Å². The number of fused-ring (bicyclic) bond motifs is 1. The van der Waals surface area contributed by atoms with Gasteiger partial charge in [-0.1, -0.05) is 94.0 Å². The fraction of sp³-hybridized carbons (Fsp3) is 0.522. The molecular formula is C23H33N5S. The third kappa shape index (κ3) is 6.74. The maximum atomic E-state index is 6.15. The van der Waals surface area contributed by atoms with Crippen LogP contribution in [-0.4, -0.2) is 25.3 Å². The van der Waals surface area contributed by atoms with Gasteiger partial charge in [-0.25, -0.2) is 15.0 Å². The summed E-state index contributed by atoms with van der Waals surface area (Å²) in [5.41, 5.74) is 9.06. The van der Waals surface area contributed by atoms with Crippen LogP contribution in [0.4, 0.5) is 5.82 Å². The normalized spacial score (nSPS) is 11.3. The zero-order chi connectivity index (χ0) is 20.3. The molecule has 0 spiro atoms. The van der Waals surface area contributed by atoms with Gasteiger partial charge in [0.1, 0.15) is 5.52 Å². The van der Waals surface area contributed by atoms with Crippen molar-refractivity contribution in [3.63, 3.8) is 0 Å². The van der Waals surface area contributed by atoms with Gasteiger partial charge >= 0.3 is 0 Å². The quantitative estimate of drug-likeness (QED) is 0.216. The molecule has 29 heavy (non-hydrogen) atoms. The van der Waals surface area contributed by atoms with E-state index in [1.807, 2.05) is 12.4 Å². The minimum atomic E-state index is 0.479. The number of unbranched alkanes of at least 4 members (excludes halogenated alkanes) is 7. The topological polar surface area (TPSA) is 69.6 Å². The molecule has 0 fully saturated rings. The summed E-state index contributed by atoms with van der Waals surface area (Å²) in [6, 6.07) is 10.5. The highest BCUT2D eigenvalue weighted by Crippen LogP contribution is 2.23. The molecule has 0 unspecified atom stereocenters. The van der Waals surface area contributed by atoms with Crippen LogP contribution < -0.4 is 5.73 Å². The summed E-state index contributed by atoms with van der Waals surface area (Å²) in [4.78, 5) is 13.6. The Bertz CT molecular complexity index is 862. The zero-order valence-electron chi connectivity index (χ0n) is 17.5. The number of nitrogens with zero attached hydrogens (tertiary/aromatic N) is 4. The van der Waals surface area contributed by atoms with Gasteiger partial charge < -0.3 is 10.3 Å². The van der Waals surface area contributed by atoms with Crippen LogP contribution in [0.25, 0.3) is 11.2 Å². The SMILES string of the molecule is CCCCCCCCCCn1cnc2c(N)nc(SCCc3ccccc3)nc21. The second kappa shape index (κ2) is 11.8. The molecule has 0 aliphatic heterocycles. The Hall–Kier alpha value is -2.08. The number of anilines is 1. The molecule has 0 atom stereocenters. The molecule has 0 saturated heterocycles. The van der Waals surface area contributed by atoms with E-state index in [-0.39, 0.29) is 0 Å². The van der Waals surface area contributed by atoms with Crippen LogP contribution >= 0.6 is 11.8 Å². The smallest absolute Gasteiger partial charge is 0.191 e. The average molecular weight is 412 g/mol. The zero-order valence-corrected chi connectivity index (χ0v) is 18.3. The Labute approximate surface area is 178 Å². The first-order chi connectivity index (χ1) is 14.3. The average Bonchev–Trinajstić information content (AvgIpc) is 3.14. The Kier molecular flexibility index (Phi) is 8.81. The lowest BCUT2D eigenvalue weighted by Gasteiger charge is -2.06. The van der Waals surface area contributed by atoms with Gasteiger partial charge in [-0.3, -0.25) is 0 Å². The predicted molar refractivity (Wildman–Crippen MR) is 123 cm³/mol. The third-order valence-electron chi connectivity index (χ3n) is 5.19. The van der Waals surface area contributed by atoms with Crippen molar-refractivity contribution in [1.82, 2.24) is 19.5 Å². The predicted octanol–water partition coefficient (Wildman–Crippen LogP) is 5.88. The molecule has 0 bridgehead atoms. The van der Waals surface area contributed by atoms with E-state index in [9.17, 15) is 0 Å². The van der Waals surface area contributed by atoms with Crippen LogP contribution in [-0.2, 0) is 13.0 Å². The molecule has 156 valence electrons. The van der Waals surface area contributed by atoms with Crippen LogP contribution in [0.2, 0.25) is 0 Å². The molecule has 0 radical (unpaired) electrons. The van der Waals surface area contributed by atoms with Crippen molar-refractivity contribution in [3.05, 3.63) is 42.2 Å². The number of thioether (sulfide) groups is 1. The molecule has 1 aromatic carbocycles. The Morgan fingerprint density at radius 1 is 0.931 bits per heavy atom. The summed E-state index contributed by atoms with van der Waals surface area (Å²) in [5, 5.41) is 0.739. The molecule has 0 saturated carbocycles. The first kappa shape index (κ1) is 21.6. The highest BCUT2D eigenvalue weighted by molar-refractivity contribution is 7.99. The summed E-state index contributed by atoms with van der Waals surface area (Å²) in [5.74, 6) is 1.41. The molecule has 2 N–H and O–H groups in total. The van der Waals surface area contributed by atoms with Gasteiger partial charge in [0.2, 0.25) is 0 Å². The Morgan fingerprint density at radius 3 is 2.41 bits per heavy atom. The Balaban J connectivity index is 1.50. The van der Waals surface area contributed by atoms with E-state index in [1.165, 1.54) is 50.5 Å². The molecular weight excluding hydrogens is 378 g/mol. The summed E-state index contributed by atoms with van der Waals surface area (Å²) < 4.78 is 2.13. The van der Waals surface area contributed by atoms with Crippen molar-refractivity contribution in [2.45, 2.75) is 76.4 Å². The van der Waals surface area contributed by atoms with Crippen molar-refractivity contribution >= 4 is 28.7 Å². The fourth-order valence-electron chi connectivity index (χ4n) is 3.49. The van der Waals surface area contributed by atoms with E-state index in [0.29, 0.717) is 5.82 Å². The van der Waals surface area contributed by atoms with Crippen molar-refractivity contribution < 1.29 is 0 Å². The molecule has 2 heterocycles. The fourth-order valence-corrected chi connectivity index (χ4v) is 4.33. The number of aromatic nitrogens is 4. The van der Waals surface area contributed by atoms with Gasteiger partial charge in [0.05, 0.1) is 6.33 Å². The number of hydrogen-bond acceptors (Lipinski definition) is 5. The largest absolute Gasteiger partial charge is 0.382 e. The van der Waals surface area contributed by atoms with Crippen molar-refractivity contribution in [2.75, 3.05) is 11.5 Å². The van der Waals surface area contributed by atoms with Crippen molar-refractivity contribution in [2.24, 2.45) is 0 Å². The molecule has 2 aromatic heterocycles. The van der Waals surface area contributed by atoms with Gasteiger partial charge in [-0.05, 0) is 18.4 Å². The standard InChI is InChI=1S/C23H33N5S/c1-2-3-4-5-6-7-8-12-16-28-18-25-20-21(24)26-23(27-22(20)28)29-17-15-19-13-10-9-11-14-19/h9-11,13-14,18H,2-8,12,15-17H2,1H3,(H2,24,26,27). The summed E-state index contributed by atoms with van der Waals surface area (Å²) in [7, 11) is 0. The summed E-state index contributed by atoms with van der Waals surface area (Å²) >= 11 is 1.65. The number of nitrogens with two attached hydrogens (primary N) is 1. The molecule has 3 rings (SSSR count). The number of aryl methyl sites for hydroxylation is 2. The molecule has 6 heteroatoms. The highest BCUT2D eigenvalue weighted by atomic mass is 32.2. The van der Waals surface area contributed by atoms with E-state index in [2.05, 4.69) is 45.7 Å². The lowest BCUT2D eigenvalue weighted by atomic mass is 10.1. The lowest BCUT2D eigenvalue weighted by Crippen LogP contribution is -2.02. The monoisotopic (exact) mass is 411 g/mol. The first-order valence-corrected chi connectivity index (χ1v) is 11.9. The van der Waals surface area contributed by atoms with Crippen molar-refractivity contribution in [3.8, 4) is 0 Å². The number of nitrogen functional groups attached to an aromatic ring is 1. The van der Waals surface area contributed by atoms with Crippen LogP contribution in [0, 0.1) is 0 Å². The van der Waals surface area contributed by atoms with E-state index >= 15 is 0 Å². The van der Waals surface area contributed by atoms with E-state index in [0.717, 1.165) is 41.5 Å². The van der Waals surface area contributed by atoms with E-state index in [1.54, 1.807) is 11.8 Å².